The third kappa shape index (κ3) is 3.47. The van der Waals surface area contributed by atoms with Crippen LogP contribution in [-0.2, 0) is 16.6 Å². The van der Waals surface area contributed by atoms with Gasteiger partial charge < -0.3 is 4.90 Å². The SMILES string of the molecule is CN(Cc1cccc2ccccc12)C(=O)c1cccc(N2CCCS2(=O)=O)c1. The normalized spacial score (nSPS) is 15.7. The van der Waals surface area contributed by atoms with Crippen LogP contribution < -0.4 is 4.31 Å². The second kappa shape index (κ2) is 7.28. The summed E-state index contributed by atoms with van der Waals surface area (Å²) in [5.41, 5.74) is 2.12. The number of anilines is 1. The van der Waals surface area contributed by atoms with Crippen LogP contribution in [0.5, 0.6) is 0 Å². The standard InChI is InChI=1S/C22H22N2O3S/c1-23(16-19-10-4-8-17-7-2-3-12-21(17)19)22(25)18-9-5-11-20(15-18)24-13-6-14-28(24,26)27/h2-5,7-12,15H,6,13-14,16H2,1H3. The fourth-order valence-electron chi connectivity index (χ4n) is 3.70. The van der Waals surface area contributed by atoms with Gasteiger partial charge in [-0.15, -0.1) is 0 Å². The first-order valence-electron chi connectivity index (χ1n) is 9.28. The minimum absolute atomic E-state index is 0.133. The zero-order valence-electron chi connectivity index (χ0n) is 15.7. The van der Waals surface area contributed by atoms with Crippen molar-refractivity contribution in [1.82, 2.24) is 4.90 Å². The van der Waals surface area contributed by atoms with E-state index in [4.69, 9.17) is 0 Å². The highest BCUT2D eigenvalue weighted by Gasteiger charge is 2.28. The molecule has 0 spiro atoms. The van der Waals surface area contributed by atoms with Gasteiger partial charge in [0.25, 0.3) is 5.91 Å². The molecule has 1 aliphatic heterocycles. The lowest BCUT2D eigenvalue weighted by Gasteiger charge is -2.21. The van der Waals surface area contributed by atoms with Gasteiger partial charge in [-0.2, -0.15) is 0 Å². The van der Waals surface area contributed by atoms with E-state index in [1.165, 1.54) is 4.31 Å². The Kier molecular flexibility index (Phi) is 4.81. The summed E-state index contributed by atoms with van der Waals surface area (Å²) in [5.74, 6) is 0.0259. The Morgan fingerprint density at radius 3 is 2.57 bits per heavy atom. The van der Waals surface area contributed by atoms with E-state index in [2.05, 4.69) is 18.2 Å². The maximum absolute atomic E-state index is 13.0. The first-order chi connectivity index (χ1) is 13.5. The number of sulfonamides is 1. The van der Waals surface area contributed by atoms with Crippen LogP contribution in [0.15, 0.2) is 66.7 Å². The summed E-state index contributed by atoms with van der Waals surface area (Å²) in [4.78, 5) is 14.6. The molecule has 1 aliphatic rings. The molecule has 0 aliphatic carbocycles. The molecule has 1 heterocycles. The quantitative estimate of drug-likeness (QED) is 0.679. The predicted molar refractivity (Wildman–Crippen MR) is 112 cm³/mol. The second-order valence-corrected chi connectivity index (χ2v) is 9.10. The molecule has 1 saturated heterocycles. The van der Waals surface area contributed by atoms with E-state index >= 15 is 0 Å². The molecule has 1 fully saturated rings. The maximum atomic E-state index is 13.0. The summed E-state index contributed by atoms with van der Waals surface area (Å²) in [5, 5.41) is 2.27. The Bertz CT molecular complexity index is 1140. The molecule has 0 atom stereocenters. The molecule has 28 heavy (non-hydrogen) atoms. The maximum Gasteiger partial charge on any atom is 0.253 e. The van der Waals surface area contributed by atoms with Crippen LogP contribution in [0.1, 0.15) is 22.3 Å². The van der Waals surface area contributed by atoms with Gasteiger partial charge >= 0.3 is 0 Å². The third-order valence-electron chi connectivity index (χ3n) is 5.11. The highest BCUT2D eigenvalue weighted by atomic mass is 32.2. The zero-order chi connectivity index (χ0) is 19.7. The molecule has 144 valence electrons. The van der Waals surface area contributed by atoms with Gasteiger partial charge in [-0.3, -0.25) is 9.10 Å². The smallest absolute Gasteiger partial charge is 0.253 e. The molecule has 0 saturated carbocycles. The molecule has 1 amide bonds. The summed E-state index contributed by atoms with van der Waals surface area (Å²) in [7, 11) is -1.50. The van der Waals surface area contributed by atoms with E-state index in [-0.39, 0.29) is 11.7 Å². The molecule has 4 rings (SSSR count). The van der Waals surface area contributed by atoms with Gasteiger partial charge in [0.15, 0.2) is 0 Å². The summed E-state index contributed by atoms with van der Waals surface area (Å²) < 4.78 is 25.7. The van der Waals surface area contributed by atoms with Crippen molar-refractivity contribution in [1.29, 1.82) is 0 Å². The van der Waals surface area contributed by atoms with Crippen LogP contribution >= 0.6 is 0 Å². The molecule has 6 heteroatoms. The largest absolute Gasteiger partial charge is 0.337 e. The lowest BCUT2D eigenvalue weighted by atomic mass is 10.0. The number of rotatable bonds is 4. The van der Waals surface area contributed by atoms with Crippen molar-refractivity contribution < 1.29 is 13.2 Å². The molecular weight excluding hydrogens is 372 g/mol. The van der Waals surface area contributed by atoms with E-state index in [9.17, 15) is 13.2 Å². The minimum atomic E-state index is -3.27. The monoisotopic (exact) mass is 394 g/mol. The number of nitrogens with zero attached hydrogens (tertiary/aromatic N) is 2. The van der Waals surface area contributed by atoms with Gasteiger partial charge in [-0.25, -0.2) is 8.42 Å². The second-order valence-electron chi connectivity index (χ2n) is 7.09. The molecule has 0 N–H and O–H groups in total. The number of hydrogen-bond acceptors (Lipinski definition) is 3. The lowest BCUT2D eigenvalue weighted by molar-refractivity contribution is 0.0785. The molecule has 0 bridgehead atoms. The number of carbonyl (C=O) groups is 1. The van der Waals surface area contributed by atoms with Gasteiger partial charge in [0.2, 0.25) is 10.0 Å². The van der Waals surface area contributed by atoms with Gasteiger partial charge in [0.1, 0.15) is 0 Å². The van der Waals surface area contributed by atoms with Crippen molar-refractivity contribution in [3.8, 4) is 0 Å². The van der Waals surface area contributed by atoms with Crippen LogP contribution in [-0.4, -0.2) is 38.6 Å². The van der Waals surface area contributed by atoms with E-state index in [1.54, 1.807) is 36.2 Å². The number of carbonyl (C=O) groups excluding carboxylic acids is 1. The third-order valence-corrected chi connectivity index (χ3v) is 6.98. The Morgan fingerprint density at radius 2 is 1.79 bits per heavy atom. The van der Waals surface area contributed by atoms with Gasteiger partial charge in [-0.05, 0) is 41.0 Å². The molecule has 5 nitrogen and oxygen atoms in total. The molecule has 3 aromatic rings. The van der Waals surface area contributed by atoms with Crippen molar-refractivity contribution in [2.75, 3.05) is 23.7 Å². The average Bonchev–Trinajstić information content (AvgIpc) is 3.07. The first-order valence-corrected chi connectivity index (χ1v) is 10.9. The van der Waals surface area contributed by atoms with Crippen LogP contribution in [0.3, 0.4) is 0 Å². The number of amides is 1. The minimum Gasteiger partial charge on any atom is -0.337 e. The summed E-state index contributed by atoms with van der Waals surface area (Å²) in [6.07, 6.45) is 0.613. The Labute approximate surface area is 165 Å². The topological polar surface area (TPSA) is 57.7 Å². The zero-order valence-corrected chi connectivity index (χ0v) is 16.5. The first kappa shape index (κ1) is 18.5. The van der Waals surface area contributed by atoms with Crippen LogP contribution in [0.25, 0.3) is 10.8 Å². The highest BCUT2D eigenvalue weighted by molar-refractivity contribution is 7.93. The van der Waals surface area contributed by atoms with E-state index in [0.717, 1.165) is 16.3 Å². The summed E-state index contributed by atoms with van der Waals surface area (Å²) in [6.45, 7) is 0.943. The summed E-state index contributed by atoms with van der Waals surface area (Å²) >= 11 is 0. The van der Waals surface area contributed by atoms with Crippen LogP contribution in [0, 0.1) is 0 Å². The predicted octanol–water partition coefficient (Wildman–Crippen LogP) is 3.65. The molecule has 3 aromatic carbocycles. The molecule has 0 aromatic heterocycles. The summed E-state index contributed by atoms with van der Waals surface area (Å²) in [6, 6.07) is 21.1. The van der Waals surface area contributed by atoms with Crippen molar-refractivity contribution in [3.05, 3.63) is 77.9 Å². The Balaban J connectivity index is 1.58. The van der Waals surface area contributed by atoms with Crippen LogP contribution in [0.4, 0.5) is 5.69 Å². The fourth-order valence-corrected chi connectivity index (χ4v) is 5.26. The van der Waals surface area contributed by atoms with Crippen molar-refractivity contribution in [2.24, 2.45) is 0 Å². The molecule has 0 radical (unpaired) electrons. The van der Waals surface area contributed by atoms with Crippen LogP contribution in [0.2, 0.25) is 0 Å². The molecular formula is C22H22N2O3S. The Hall–Kier alpha value is -2.86. The van der Waals surface area contributed by atoms with Gasteiger partial charge in [0.05, 0.1) is 11.4 Å². The van der Waals surface area contributed by atoms with Gasteiger partial charge in [0, 0.05) is 25.7 Å². The number of benzene rings is 3. The van der Waals surface area contributed by atoms with E-state index in [1.807, 2.05) is 24.3 Å². The fraction of sp³-hybridized carbons (Fsp3) is 0.227. The number of hydrogen-bond donors (Lipinski definition) is 0. The van der Waals surface area contributed by atoms with Gasteiger partial charge in [-0.1, -0.05) is 48.5 Å². The Morgan fingerprint density at radius 1 is 1.04 bits per heavy atom. The lowest BCUT2D eigenvalue weighted by Crippen LogP contribution is -2.28. The molecule has 0 unspecified atom stereocenters. The van der Waals surface area contributed by atoms with Crippen molar-refractivity contribution in [2.45, 2.75) is 13.0 Å². The van der Waals surface area contributed by atoms with E-state index < -0.39 is 10.0 Å². The average molecular weight is 394 g/mol. The number of fused-ring (bicyclic) bond motifs is 1. The highest BCUT2D eigenvalue weighted by Crippen LogP contribution is 2.26. The van der Waals surface area contributed by atoms with Crippen molar-refractivity contribution in [3.63, 3.8) is 0 Å². The van der Waals surface area contributed by atoms with E-state index in [0.29, 0.717) is 30.8 Å². The van der Waals surface area contributed by atoms with Crippen molar-refractivity contribution >= 4 is 32.4 Å².